The Morgan fingerprint density at radius 3 is 2.44 bits per heavy atom. The normalized spacial score (nSPS) is 10.1. The van der Waals surface area contributed by atoms with Crippen LogP contribution in [0.5, 0.6) is 0 Å². The largest absolute Gasteiger partial charge is 0.341 e. The quantitative estimate of drug-likeness (QED) is 0.752. The number of aryl methyl sites for hydroxylation is 1. The molecule has 0 amide bonds. The first-order chi connectivity index (χ1) is 8.76. The molecule has 0 heterocycles. The van der Waals surface area contributed by atoms with Crippen LogP contribution in [0.3, 0.4) is 0 Å². The average Bonchev–Trinajstić information content (AvgIpc) is 2.42. The van der Waals surface area contributed by atoms with Crippen LogP contribution in [0.25, 0.3) is 0 Å². The fourth-order valence-corrected chi connectivity index (χ4v) is 2.11. The molecule has 0 radical (unpaired) electrons. The van der Waals surface area contributed by atoms with Crippen molar-refractivity contribution < 1.29 is 4.79 Å². The molecule has 18 heavy (non-hydrogen) atoms. The van der Waals surface area contributed by atoms with Crippen molar-refractivity contribution in [3.8, 4) is 0 Å². The van der Waals surface area contributed by atoms with Gasteiger partial charge in [0, 0.05) is 17.8 Å². The molecular weight excluding hydrogens is 222 g/mol. The van der Waals surface area contributed by atoms with Gasteiger partial charge in [-0.3, -0.25) is 4.79 Å². The van der Waals surface area contributed by atoms with Gasteiger partial charge in [0.25, 0.3) is 0 Å². The summed E-state index contributed by atoms with van der Waals surface area (Å²) in [5.41, 5.74) is 3.90. The van der Waals surface area contributed by atoms with E-state index in [0.29, 0.717) is 0 Å². The molecule has 0 spiro atoms. The van der Waals surface area contributed by atoms with Crippen LogP contribution < -0.4 is 4.90 Å². The van der Waals surface area contributed by atoms with Crippen molar-refractivity contribution in [1.29, 1.82) is 0 Å². The van der Waals surface area contributed by atoms with Crippen molar-refractivity contribution in [1.82, 2.24) is 0 Å². The second kappa shape index (κ2) is 5.50. The summed E-state index contributed by atoms with van der Waals surface area (Å²) >= 11 is 0. The van der Waals surface area contributed by atoms with Gasteiger partial charge in [0.15, 0.2) is 6.29 Å². The van der Waals surface area contributed by atoms with Gasteiger partial charge in [0.2, 0.25) is 0 Å². The van der Waals surface area contributed by atoms with Crippen LogP contribution in [0.4, 0.5) is 11.4 Å². The highest BCUT2D eigenvalue weighted by molar-refractivity contribution is 5.87. The smallest absolute Gasteiger partial charge is 0.152 e. The monoisotopic (exact) mass is 239 g/mol. The van der Waals surface area contributed by atoms with Gasteiger partial charge in [-0.05, 0) is 38.1 Å². The molecule has 0 bridgehead atoms. The van der Waals surface area contributed by atoms with Gasteiger partial charge < -0.3 is 4.90 Å². The molecule has 0 fully saturated rings. The lowest BCUT2D eigenvalue weighted by Gasteiger charge is -2.24. The summed E-state index contributed by atoms with van der Waals surface area (Å²) in [6.45, 7) is 4.91. The van der Waals surface area contributed by atoms with Crippen LogP contribution >= 0.6 is 0 Å². The van der Waals surface area contributed by atoms with Crippen molar-refractivity contribution >= 4 is 17.7 Å². The molecule has 0 saturated heterocycles. The number of carbonyl (C=O) groups excluding carboxylic acids is 1. The van der Waals surface area contributed by atoms with E-state index in [1.807, 2.05) is 43.3 Å². The highest BCUT2D eigenvalue weighted by Crippen LogP contribution is 2.28. The number of anilines is 2. The predicted octanol–water partition coefficient (Wildman–Crippen LogP) is 3.97. The van der Waals surface area contributed by atoms with Gasteiger partial charge in [0.05, 0.1) is 5.69 Å². The van der Waals surface area contributed by atoms with Gasteiger partial charge in [0.1, 0.15) is 0 Å². The lowest BCUT2D eigenvalue weighted by atomic mass is 10.1. The van der Waals surface area contributed by atoms with Gasteiger partial charge in [-0.25, -0.2) is 0 Å². The van der Waals surface area contributed by atoms with Crippen molar-refractivity contribution in [2.75, 3.05) is 11.4 Å². The molecule has 92 valence electrons. The van der Waals surface area contributed by atoms with Crippen molar-refractivity contribution in [3.05, 3.63) is 59.7 Å². The summed E-state index contributed by atoms with van der Waals surface area (Å²) in [7, 11) is 0. The maximum absolute atomic E-state index is 11.2. The zero-order chi connectivity index (χ0) is 13.0. The van der Waals surface area contributed by atoms with Crippen molar-refractivity contribution in [3.63, 3.8) is 0 Å². The minimum absolute atomic E-state index is 0.737. The molecule has 0 aromatic heterocycles. The Bertz CT molecular complexity index is 534. The first-order valence-corrected chi connectivity index (χ1v) is 6.14. The third kappa shape index (κ3) is 2.43. The van der Waals surface area contributed by atoms with Crippen molar-refractivity contribution in [2.24, 2.45) is 0 Å². The lowest BCUT2D eigenvalue weighted by Crippen LogP contribution is -2.17. The first kappa shape index (κ1) is 12.4. The Balaban J connectivity index is 2.48. The van der Waals surface area contributed by atoms with E-state index in [-0.39, 0.29) is 0 Å². The third-order valence-electron chi connectivity index (χ3n) is 2.98. The Hall–Kier alpha value is -2.09. The zero-order valence-electron chi connectivity index (χ0n) is 10.8. The van der Waals surface area contributed by atoms with E-state index in [1.54, 1.807) is 0 Å². The van der Waals surface area contributed by atoms with Crippen LogP contribution in [-0.4, -0.2) is 12.8 Å². The van der Waals surface area contributed by atoms with E-state index in [2.05, 4.69) is 24.0 Å². The molecular formula is C16H17NO. The molecule has 0 aliphatic rings. The summed E-state index contributed by atoms with van der Waals surface area (Å²) in [4.78, 5) is 13.3. The molecule has 0 aliphatic heterocycles. The number of carbonyl (C=O) groups is 1. The Kier molecular flexibility index (Phi) is 3.78. The van der Waals surface area contributed by atoms with E-state index in [4.69, 9.17) is 0 Å². The SMILES string of the molecule is CCN(c1ccccc1)c1ccc(C)cc1C=O. The number of rotatable bonds is 4. The topological polar surface area (TPSA) is 20.3 Å². The second-order valence-corrected chi connectivity index (χ2v) is 4.26. The molecule has 2 aromatic rings. The minimum Gasteiger partial charge on any atom is -0.341 e. The molecule has 0 aliphatic carbocycles. The summed E-state index contributed by atoms with van der Waals surface area (Å²) in [6.07, 6.45) is 0.925. The van der Waals surface area contributed by atoms with Gasteiger partial charge >= 0.3 is 0 Å². The van der Waals surface area contributed by atoms with E-state index in [1.165, 1.54) is 0 Å². The Morgan fingerprint density at radius 1 is 1.11 bits per heavy atom. The molecule has 0 N–H and O–H groups in total. The molecule has 2 heteroatoms. The third-order valence-corrected chi connectivity index (χ3v) is 2.98. The number of aldehydes is 1. The first-order valence-electron chi connectivity index (χ1n) is 6.14. The van der Waals surface area contributed by atoms with E-state index in [0.717, 1.165) is 35.3 Å². The highest BCUT2D eigenvalue weighted by atomic mass is 16.1. The molecule has 2 aromatic carbocycles. The lowest BCUT2D eigenvalue weighted by molar-refractivity contribution is 0.112. The van der Waals surface area contributed by atoms with Crippen molar-refractivity contribution in [2.45, 2.75) is 13.8 Å². The number of nitrogens with zero attached hydrogens (tertiary/aromatic N) is 1. The summed E-state index contributed by atoms with van der Waals surface area (Å²) in [5, 5.41) is 0. The maximum atomic E-state index is 11.2. The highest BCUT2D eigenvalue weighted by Gasteiger charge is 2.11. The molecule has 0 atom stereocenters. The molecule has 2 rings (SSSR count). The second-order valence-electron chi connectivity index (χ2n) is 4.26. The van der Waals surface area contributed by atoms with Crippen LogP contribution in [0, 0.1) is 6.92 Å². The van der Waals surface area contributed by atoms with E-state index in [9.17, 15) is 4.79 Å². The van der Waals surface area contributed by atoms with E-state index >= 15 is 0 Å². The summed E-state index contributed by atoms with van der Waals surface area (Å²) in [5.74, 6) is 0. The predicted molar refractivity (Wildman–Crippen MR) is 75.7 cm³/mol. The number of benzene rings is 2. The standard InChI is InChI=1S/C16H17NO/c1-3-17(15-7-5-4-6-8-15)16-10-9-13(2)11-14(16)12-18/h4-12H,3H2,1-2H3. The molecule has 0 saturated carbocycles. The van der Waals surface area contributed by atoms with Crippen LogP contribution in [-0.2, 0) is 0 Å². The maximum Gasteiger partial charge on any atom is 0.152 e. The van der Waals surface area contributed by atoms with Gasteiger partial charge in [-0.15, -0.1) is 0 Å². The number of hydrogen-bond donors (Lipinski definition) is 0. The van der Waals surface area contributed by atoms with Gasteiger partial charge in [-0.1, -0.05) is 29.8 Å². The van der Waals surface area contributed by atoms with Crippen LogP contribution in [0.1, 0.15) is 22.8 Å². The molecule has 0 unspecified atom stereocenters. The molecule has 2 nitrogen and oxygen atoms in total. The number of para-hydroxylation sites is 1. The minimum atomic E-state index is 0.737. The number of hydrogen-bond acceptors (Lipinski definition) is 2. The van der Waals surface area contributed by atoms with Gasteiger partial charge in [-0.2, -0.15) is 0 Å². The Labute approximate surface area is 108 Å². The summed E-state index contributed by atoms with van der Waals surface area (Å²) < 4.78 is 0. The fraction of sp³-hybridized carbons (Fsp3) is 0.188. The van der Waals surface area contributed by atoms with Crippen LogP contribution in [0.2, 0.25) is 0 Å². The van der Waals surface area contributed by atoms with Crippen LogP contribution in [0.15, 0.2) is 48.5 Å². The Morgan fingerprint density at radius 2 is 1.83 bits per heavy atom. The average molecular weight is 239 g/mol. The zero-order valence-corrected chi connectivity index (χ0v) is 10.8. The summed E-state index contributed by atoms with van der Waals surface area (Å²) in [6, 6.07) is 16.1. The fourth-order valence-electron chi connectivity index (χ4n) is 2.11. The van der Waals surface area contributed by atoms with E-state index < -0.39 is 0 Å².